The zero-order chi connectivity index (χ0) is 10.8. The Kier molecular flexibility index (Phi) is 2.54. The molecule has 3 nitrogen and oxygen atoms in total. The summed E-state index contributed by atoms with van der Waals surface area (Å²) in [5.74, 6) is 0.919. The molecule has 2 heterocycles. The van der Waals surface area contributed by atoms with E-state index in [-0.39, 0.29) is 0 Å². The van der Waals surface area contributed by atoms with Crippen LogP contribution < -0.4 is 10.1 Å². The number of furan rings is 1. The van der Waals surface area contributed by atoms with Gasteiger partial charge in [-0.25, -0.2) is 0 Å². The maximum absolute atomic E-state index is 5.76. The molecule has 0 spiro atoms. The summed E-state index contributed by atoms with van der Waals surface area (Å²) in [7, 11) is 0. The monoisotopic (exact) mass is 217 g/mol. The van der Waals surface area contributed by atoms with E-state index in [1.54, 1.807) is 6.26 Å². The van der Waals surface area contributed by atoms with Crippen LogP contribution in [-0.4, -0.2) is 19.2 Å². The van der Waals surface area contributed by atoms with Crippen molar-refractivity contribution < 1.29 is 9.15 Å². The van der Waals surface area contributed by atoms with E-state index in [2.05, 4.69) is 5.32 Å². The highest BCUT2D eigenvalue weighted by atomic mass is 16.5. The molecule has 3 rings (SSSR count). The molecule has 1 atom stereocenters. The van der Waals surface area contributed by atoms with E-state index in [1.807, 2.05) is 24.3 Å². The van der Waals surface area contributed by atoms with E-state index in [1.165, 1.54) is 12.8 Å². The molecule has 1 saturated heterocycles. The minimum Gasteiger partial charge on any atom is -0.492 e. The lowest BCUT2D eigenvalue weighted by Crippen LogP contribution is -2.28. The third-order valence-electron chi connectivity index (χ3n) is 3.04. The molecular weight excluding hydrogens is 202 g/mol. The van der Waals surface area contributed by atoms with Gasteiger partial charge in [0.1, 0.15) is 17.9 Å². The van der Waals surface area contributed by atoms with Crippen LogP contribution in [0.25, 0.3) is 11.0 Å². The van der Waals surface area contributed by atoms with Crippen molar-refractivity contribution in [2.75, 3.05) is 13.2 Å². The highest BCUT2D eigenvalue weighted by molar-refractivity contribution is 5.78. The first-order valence-electron chi connectivity index (χ1n) is 5.75. The molecule has 1 unspecified atom stereocenters. The average Bonchev–Trinajstić information content (AvgIpc) is 2.97. The Hall–Kier alpha value is -1.48. The van der Waals surface area contributed by atoms with Crippen LogP contribution in [0, 0.1) is 0 Å². The molecule has 1 N–H and O–H groups in total. The van der Waals surface area contributed by atoms with Crippen LogP contribution in [0.15, 0.2) is 34.9 Å². The Balaban J connectivity index is 1.68. The topological polar surface area (TPSA) is 34.4 Å². The Labute approximate surface area is 94.4 Å². The van der Waals surface area contributed by atoms with Crippen LogP contribution in [0.3, 0.4) is 0 Å². The van der Waals surface area contributed by atoms with Gasteiger partial charge in [-0.3, -0.25) is 0 Å². The van der Waals surface area contributed by atoms with Crippen molar-refractivity contribution in [3.63, 3.8) is 0 Å². The second kappa shape index (κ2) is 4.18. The molecule has 2 aromatic rings. The Bertz CT molecular complexity index is 471. The van der Waals surface area contributed by atoms with E-state index < -0.39 is 0 Å². The summed E-state index contributed by atoms with van der Waals surface area (Å²) in [6, 6.07) is 8.40. The maximum atomic E-state index is 5.76. The number of nitrogens with one attached hydrogen (secondary N) is 1. The normalized spacial score (nSPS) is 20.4. The van der Waals surface area contributed by atoms with Crippen molar-refractivity contribution >= 4 is 11.0 Å². The molecular formula is C13H15NO2. The van der Waals surface area contributed by atoms with Gasteiger partial charge in [-0.2, -0.15) is 0 Å². The molecule has 16 heavy (non-hydrogen) atoms. The van der Waals surface area contributed by atoms with Gasteiger partial charge >= 0.3 is 0 Å². The smallest absolute Gasteiger partial charge is 0.134 e. The first-order valence-corrected chi connectivity index (χ1v) is 5.75. The molecule has 1 aliphatic rings. The van der Waals surface area contributed by atoms with Gasteiger partial charge in [0.25, 0.3) is 0 Å². The summed E-state index contributed by atoms with van der Waals surface area (Å²) >= 11 is 0. The lowest BCUT2D eigenvalue weighted by atomic mass is 10.2. The zero-order valence-electron chi connectivity index (χ0n) is 9.11. The molecule has 0 bridgehead atoms. The molecule has 1 aliphatic heterocycles. The number of fused-ring (bicyclic) bond motifs is 1. The molecule has 0 aliphatic carbocycles. The SMILES string of the molecule is c1cc2cc(OCC3CCCN3)ccc2o1. The number of hydrogen-bond donors (Lipinski definition) is 1. The number of hydrogen-bond acceptors (Lipinski definition) is 3. The molecule has 1 fully saturated rings. The first-order chi connectivity index (χ1) is 7.92. The van der Waals surface area contributed by atoms with E-state index in [0.29, 0.717) is 6.04 Å². The number of benzene rings is 1. The van der Waals surface area contributed by atoms with E-state index in [0.717, 1.165) is 29.9 Å². The summed E-state index contributed by atoms with van der Waals surface area (Å²) in [5, 5.41) is 4.51. The molecule has 0 saturated carbocycles. The number of rotatable bonds is 3. The predicted molar refractivity (Wildman–Crippen MR) is 62.7 cm³/mol. The lowest BCUT2D eigenvalue weighted by molar-refractivity contribution is 0.277. The number of ether oxygens (including phenoxy) is 1. The summed E-state index contributed by atoms with van der Waals surface area (Å²) in [5.41, 5.74) is 0.909. The van der Waals surface area contributed by atoms with Gasteiger partial charge in [-0.15, -0.1) is 0 Å². The van der Waals surface area contributed by atoms with Crippen LogP contribution in [0.5, 0.6) is 5.75 Å². The highest BCUT2D eigenvalue weighted by Gasteiger charge is 2.14. The lowest BCUT2D eigenvalue weighted by Gasteiger charge is -2.11. The van der Waals surface area contributed by atoms with Gasteiger partial charge in [0.15, 0.2) is 0 Å². The average molecular weight is 217 g/mol. The standard InChI is InChI=1S/C13H15NO2/c1-2-11(14-6-1)9-16-12-3-4-13-10(8-12)5-7-15-13/h3-5,7-8,11,14H,1-2,6,9H2. The Morgan fingerprint density at radius 3 is 3.25 bits per heavy atom. The fraction of sp³-hybridized carbons (Fsp3) is 0.385. The van der Waals surface area contributed by atoms with Crippen LogP contribution in [0.1, 0.15) is 12.8 Å². The summed E-state index contributed by atoms with van der Waals surface area (Å²) in [6.45, 7) is 1.87. The van der Waals surface area contributed by atoms with Gasteiger partial charge in [-0.1, -0.05) is 0 Å². The van der Waals surface area contributed by atoms with Crippen molar-refractivity contribution in [2.45, 2.75) is 18.9 Å². The minimum atomic E-state index is 0.514. The largest absolute Gasteiger partial charge is 0.492 e. The van der Waals surface area contributed by atoms with Gasteiger partial charge < -0.3 is 14.5 Å². The second-order valence-corrected chi connectivity index (χ2v) is 4.22. The Morgan fingerprint density at radius 1 is 1.38 bits per heavy atom. The van der Waals surface area contributed by atoms with E-state index in [9.17, 15) is 0 Å². The third kappa shape index (κ3) is 1.91. The molecule has 1 aromatic carbocycles. The van der Waals surface area contributed by atoms with Crippen LogP contribution >= 0.6 is 0 Å². The minimum absolute atomic E-state index is 0.514. The molecule has 0 radical (unpaired) electrons. The van der Waals surface area contributed by atoms with Gasteiger partial charge in [0.05, 0.1) is 6.26 Å². The van der Waals surface area contributed by atoms with Gasteiger partial charge in [-0.05, 0) is 43.7 Å². The first kappa shape index (κ1) is 9.73. The van der Waals surface area contributed by atoms with Crippen molar-refractivity contribution in [3.8, 4) is 5.75 Å². The van der Waals surface area contributed by atoms with Gasteiger partial charge in [0, 0.05) is 11.4 Å². The van der Waals surface area contributed by atoms with Gasteiger partial charge in [0.2, 0.25) is 0 Å². The summed E-state index contributed by atoms with van der Waals surface area (Å²) < 4.78 is 11.0. The van der Waals surface area contributed by atoms with Crippen molar-refractivity contribution in [3.05, 3.63) is 30.5 Å². The molecule has 0 amide bonds. The van der Waals surface area contributed by atoms with Crippen LogP contribution in [0.2, 0.25) is 0 Å². The van der Waals surface area contributed by atoms with E-state index in [4.69, 9.17) is 9.15 Å². The van der Waals surface area contributed by atoms with Crippen molar-refractivity contribution in [1.29, 1.82) is 0 Å². The highest BCUT2D eigenvalue weighted by Crippen LogP contribution is 2.22. The quantitative estimate of drug-likeness (QED) is 0.858. The Morgan fingerprint density at radius 2 is 2.38 bits per heavy atom. The maximum Gasteiger partial charge on any atom is 0.134 e. The van der Waals surface area contributed by atoms with Crippen molar-refractivity contribution in [2.24, 2.45) is 0 Å². The van der Waals surface area contributed by atoms with Crippen molar-refractivity contribution in [1.82, 2.24) is 5.32 Å². The molecule has 84 valence electrons. The van der Waals surface area contributed by atoms with E-state index >= 15 is 0 Å². The van der Waals surface area contributed by atoms with Crippen LogP contribution in [0.4, 0.5) is 0 Å². The zero-order valence-corrected chi connectivity index (χ0v) is 9.11. The fourth-order valence-corrected chi connectivity index (χ4v) is 2.13. The molecule has 3 heteroatoms. The predicted octanol–water partition coefficient (Wildman–Crippen LogP) is 2.56. The van der Waals surface area contributed by atoms with Crippen LogP contribution in [-0.2, 0) is 0 Å². The fourth-order valence-electron chi connectivity index (χ4n) is 2.13. The molecule has 1 aromatic heterocycles. The summed E-state index contributed by atoms with van der Waals surface area (Å²) in [4.78, 5) is 0. The summed E-state index contributed by atoms with van der Waals surface area (Å²) in [6.07, 6.45) is 4.18. The second-order valence-electron chi connectivity index (χ2n) is 4.22. The third-order valence-corrected chi connectivity index (χ3v) is 3.04.